The zero-order valence-corrected chi connectivity index (χ0v) is 14.0. The van der Waals surface area contributed by atoms with Crippen LogP contribution in [0, 0.1) is 5.41 Å². The Morgan fingerprint density at radius 3 is 2.54 bits per heavy atom. The number of hydrogen-bond donors (Lipinski definition) is 2. The van der Waals surface area contributed by atoms with Gasteiger partial charge >= 0.3 is 5.63 Å². The molecule has 0 atom stereocenters. The second-order valence-corrected chi connectivity index (χ2v) is 5.42. The van der Waals surface area contributed by atoms with Crippen molar-refractivity contribution in [2.45, 2.75) is 6.54 Å². The van der Waals surface area contributed by atoms with Gasteiger partial charge in [0.1, 0.15) is 17.0 Å². The predicted octanol–water partition coefficient (Wildman–Crippen LogP) is 3.14. The highest BCUT2D eigenvalue weighted by Gasteiger charge is 2.10. The van der Waals surface area contributed by atoms with Crippen LogP contribution in [-0.4, -0.2) is 12.9 Å². The molecule has 0 saturated carbocycles. The monoisotopic (exact) mass is 343 g/mol. The van der Waals surface area contributed by atoms with E-state index in [1.54, 1.807) is 6.07 Å². The van der Waals surface area contributed by atoms with Gasteiger partial charge in [-0.2, -0.15) is 0 Å². The third-order valence-corrected chi connectivity index (χ3v) is 3.71. The van der Waals surface area contributed by atoms with Crippen molar-refractivity contribution in [1.82, 2.24) is 0 Å². The van der Waals surface area contributed by atoms with E-state index in [1.807, 2.05) is 43.4 Å². The first-order valence-electron chi connectivity index (χ1n) is 7.22. The molecule has 124 valence electrons. The second-order valence-electron chi connectivity index (χ2n) is 5.42. The molecule has 6 heteroatoms. The van der Waals surface area contributed by atoms with Crippen molar-refractivity contribution in [3.63, 3.8) is 0 Å². The normalized spacial score (nSPS) is 10.2. The van der Waals surface area contributed by atoms with Gasteiger partial charge in [-0.1, -0.05) is 30.3 Å². The first kappa shape index (κ1) is 17.6. The number of anilines is 1. The molecule has 0 amide bonds. The summed E-state index contributed by atoms with van der Waals surface area (Å²) in [6, 6.07) is 17.4. The largest absolute Gasteiger partial charge is 0.422 e. The molecule has 1 aromatic heterocycles. The minimum absolute atomic E-state index is 0. The summed E-state index contributed by atoms with van der Waals surface area (Å²) in [4.78, 5) is 13.9. The van der Waals surface area contributed by atoms with E-state index in [0.717, 1.165) is 17.6 Å². The lowest BCUT2D eigenvalue weighted by molar-refractivity contribution is 0.559. The maximum absolute atomic E-state index is 11.8. The average molecular weight is 344 g/mol. The van der Waals surface area contributed by atoms with Gasteiger partial charge < -0.3 is 15.1 Å². The Bertz CT molecular complexity index is 922. The molecule has 0 aliphatic heterocycles. The maximum atomic E-state index is 11.8. The van der Waals surface area contributed by atoms with Crippen LogP contribution in [0.2, 0.25) is 0 Å². The number of nitrogens with zero attached hydrogens (tertiary/aromatic N) is 1. The lowest BCUT2D eigenvalue weighted by Crippen LogP contribution is -2.21. The van der Waals surface area contributed by atoms with Crippen LogP contribution in [0.15, 0.2) is 63.8 Å². The summed E-state index contributed by atoms with van der Waals surface area (Å²) < 4.78 is 5.29. The van der Waals surface area contributed by atoms with Crippen molar-refractivity contribution < 1.29 is 4.42 Å². The first-order valence-corrected chi connectivity index (χ1v) is 7.22. The molecule has 0 bridgehead atoms. The van der Waals surface area contributed by atoms with Gasteiger partial charge in [0.2, 0.25) is 0 Å². The van der Waals surface area contributed by atoms with Gasteiger partial charge in [-0.15, -0.1) is 12.4 Å². The van der Waals surface area contributed by atoms with Gasteiger partial charge in [-0.25, -0.2) is 4.79 Å². The van der Waals surface area contributed by atoms with Gasteiger partial charge in [0.25, 0.3) is 0 Å². The summed E-state index contributed by atoms with van der Waals surface area (Å²) in [7, 11) is 1.98. The van der Waals surface area contributed by atoms with Crippen LogP contribution in [0.4, 0.5) is 5.69 Å². The van der Waals surface area contributed by atoms with Crippen LogP contribution in [0.25, 0.3) is 11.0 Å². The van der Waals surface area contributed by atoms with Crippen LogP contribution < -0.4 is 16.3 Å². The summed E-state index contributed by atoms with van der Waals surface area (Å²) in [5.41, 5.74) is 7.51. The van der Waals surface area contributed by atoms with Crippen molar-refractivity contribution in [3.05, 3.63) is 76.1 Å². The van der Waals surface area contributed by atoms with Crippen molar-refractivity contribution in [2.24, 2.45) is 5.73 Å². The highest BCUT2D eigenvalue weighted by Crippen LogP contribution is 2.22. The Morgan fingerprint density at radius 1 is 1.17 bits per heavy atom. The van der Waals surface area contributed by atoms with E-state index in [4.69, 9.17) is 15.6 Å². The number of nitrogen functional groups attached to an aromatic ring is 1. The minimum Gasteiger partial charge on any atom is -0.422 e. The number of halogens is 1. The molecule has 24 heavy (non-hydrogen) atoms. The molecule has 5 nitrogen and oxygen atoms in total. The number of amidine groups is 1. The van der Waals surface area contributed by atoms with E-state index < -0.39 is 5.63 Å². The zero-order valence-electron chi connectivity index (χ0n) is 13.2. The highest BCUT2D eigenvalue weighted by molar-refractivity contribution is 5.97. The van der Waals surface area contributed by atoms with E-state index in [1.165, 1.54) is 5.56 Å². The van der Waals surface area contributed by atoms with E-state index >= 15 is 0 Å². The van der Waals surface area contributed by atoms with Crippen molar-refractivity contribution in [1.29, 1.82) is 5.41 Å². The highest BCUT2D eigenvalue weighted by atomic mass is 35.5. The quantitative estimate of drug-likeness (QED) is 0.433. The molecule has 0 radical (unpaired) electrons. The summed E-state index contributed by atoms with van der Waals surface area (Å²) >= 11 is 0. The molecule has 3 N–H and O–H groups in total. The smallest absolute Gasteiger partial charge is 0.347 e. The molecule has 0 saturated heterocycles. The molecule has 0 spiro atoms. The van der Waals surface area contributed by atoms with Crippen LogP contribution in [0.5, 0.6) is 0 Å². The number of hydrogen-bond acceptors (Lipinski definition) is 4. The summed E-state index contributed by atoms with van der Waals surface area (Å²) in [5.74, 6) is -0.286. The fourth-order valence-corrected chi connectivity index (χ4v) is 2.47. The van der Waals surface area contributed by atoms with Gasteiger partial charge in [0.05, 0.1) is 0 Å². The molecular formula is C18H18ClN3O2. The van der Waals surface area contributed by atoms with Crippen molar-refractivity contribution >= 4 is 34.9 Å². The van der Waals surface area contributed by atoms with E-state index in [-0.39, 0.29) is 23.8 Å². The SMILES string of the molecule is CN(Cc1ccccc1)c1ccc2cc(C(=N)N)c(=O)oc2c1.Cl. The van der Waals surface area contributed by atoms with Crippen molar-refractivity contribution in [3.8, 4) is 0 Å². The van der Waals surface area contributed by atoms with Crippen molar-refractivity contribution in [2.75, 3.05) is 11.9 Å². The molecule has 0 aliphatic carbocycles. The van der Waals surface area contributed by atoms with Crippen LogP contribution in [-0.2, 0) is 6.54 Å². The van der Waals surface area contributed by atoms with Crippen LogP contribution >= 0.6 is 12.4 Å². The number of benzene rings is 2. The van der Waals surface area contributed by atoms with Crippen LogP contribution in [0.3, 0.4) is 0 Å². The molecule has 3 rings (SSSR count). The number of rotatable bonds is 4. The van der Waals surface area contributed by atoms with E-state index in [2.05, 4.69) is 17.0 Å². The Kier molecular flexibility index (Phi) is 5.26. The molecule has 2 aromatic carbocycles. The summed E-state index contributed by atoms with van der Waals surface area (Å²) in [5, 5.41) is 8.14. The fraction of sp³-hybridized carbons (Fsp3) is 0.111. The fourth-order valence-electron chi connectivity index (χ4n) is 2.47. The molecular weight excluding hydrogens is 326 g/mol. The van der Waals surface area contributed by atoms with Gasteiger partial charge in [0, 0.05) is 30.7 Å². The molecule has 0 unspecified atom stereocenters. The maximum Gasteiger partial charge on any atom is 0.347 e. The Labute approximate surface area is 145 Å². The predicted molar refractivity (Wildman–Crippen MR) is 99.3 cm³/mol. The number of fused-ring (bicyclic) bond motifs is 1. The second kappa shape index (κ2) is 7.19. The molecule has 3 aromatic rings. The summed E-state index contributed by atoms with van der Waals surface area (Å²) in [6.07, 6.45) is 0. The molecule has 1 heterocycles. The Balaban J connectivity index is 0.00000208. The molecule has 0 aliphatic rings. The molecule has 0 fully saturated rings. The number of nitrogens with two attached hydrogens (primary N) is 1. The van der Waals surface area contributed by atoms with Gasteiger partial charge in [-0.05, 0) is 23.8 Å². The number of nitrogens with one attached hydrogen (secondary N) is 1. The van der Waals surface area contributed by atoms with Gasteiger partial charge in [-0.3, -0.25) is 5.41 Å². The van der Waals surface area contributed by atoms with E-state index in [9.17, 15) is 4.79 Å². The van der Waals surface area contributed by atoms with E-state index in [0.29, 0.717) is 5.58 Å². The summed E-state index contributed by atoms with van der Waals surface area (Å²) in [6.45, 7) is 0.752. The third-order valence-electron chi connectivity index (χ3n) is 3.71. The zero-order chi connectivity index (χ0) is 16.4. The topological polar surface area (TPSA) is 83.3 Å². The first-order chi connectivity index (χ1) is 11.0. The average Bonchev–Trinajstić information content (AvgIpc) is 2.54. The lowest BCUT2D eigenvalue weighted by atomic mass is 10.1. The third kappa shape index (κ3) is 3.58. The Morgan fingerprint density at radius 2 is 1.88 bits per heavy atom. The standard InChI is InChI=1S/C18H17N3O2.ClH/c1-21(11-12-5-3-2-4-6-12)14-8-7-13-9-15(17(19)20)18(22)23-16(13)10-14;/h2-10H,11H2,1H3,(H3,19,20);1H. The Hall–Kier alpha value is -2.79. The van der Waals surface area contributed by atoms with Gasteiger partial charge in [0.15, 0.2) is 0 Å². The minimum atomic E-state index is -0.590. The van der Waals surface area contributed by atoms with Crippen LogP contribution in [0.1, 0.15) is 11.1 Å². The lowest BCUT2D eigenvalue weighted by Gasteiger charge is -2.19.